The molecular weight excluding hydrogens is 264 g/mol. The van der Waals surface area contributed by atoms with Crippen molar-refractivity contribution in [2.75, 3.05) is 32.7 Å². The fourth-order valence-corrected chi connectivity index (χ4v) is 2.55. The molecule has 2 rings (SSSR count). The Morgan fingerprint density at radius 2 is 1.81 bits per heavy atom. The van der Waals surface area contributed by atoms with E-state index in [1.54, 1.807) is 0 Å². The van der Waals surface area contributed by atoms with Crippen LogP contribution in [0.25, 0.3) is 0 Å². The molecule has 1 amide bonds. The summed E-state index contributed by atoms with van der Waals surface area (Å²) in [6.07, 6.45) is 1.98. The number of nitrogens with two attached hydrogens (primary N) is 1. The maximum atomic E-state index is 10.9. The summed E-state index contributed by atoms with van der Waals surface area (Å²) < 4.78 is 0. The fraction of sp³-hybridized carbons (Fsp3) is 0.625. The van der Waals surface area contributed by atoms with Gasteiger partial charge in [0.25, 0.3) is 0 Å². The highest BCUT2D eigenvalue weighted by Gasteiger charge is 2.19. The minimum atomic E-state index is -0.245. The van der Waals surface area contributed by atoms with Gasteiger partial charge in [0.05, 0.1) is 6.54 Å². The Morgan fingerprint density at radius 1 is 1.19 bits per heavy atom. The molecule has 0 spiro atoms. The summed E-state index contributed by atoms with van der Waals surface area (Å²) in [6.45, 7) is 11.5. The first-order valence-electron chi connectivity index (χ1n) is 7.53. The van der Waals surface area contributed by atoms with E-state index in [0.29, 0.717) is 6.54 Å². The van der Waals surface area contributed by atoms with Gasteiger partial charge in [-0.3, -0.25) is 19.6 Å². The van der Waals surface area contributed by atoms with Gasteiger partial charge in [0, 0.05) is 50.0 Å². The molecule has 21 heavy (non-hydrogen) atoms. The summed E-state index contributed by atoms with van der Waals surface area (Å²) >= 11 is 0. The van der Waals surface area contributed by atoms with Crippen molar-refractivity contribution in [2.24, 2.45) is 5.73 Å². The molecule has 1 aromatic heterocycles. The van der Waals surface area contributed by atoms with Gasteiger partial charge in [0.2, 0.25) is 5.91 Å². The lowest BCUT2D eigenvalue weighted by Gasteiger charge is -2.34. The number of aromatic nitrogens is 1. The summed E-state index contributed by atoms with van der Waals surface area (Å²) in [6, 6.07) is 4.29. The fourth-order valence-electron chi connectivity index (χ4n) is 2.55. The summed E-state index contributed by atoms with van der Waals surface area (Å²) in [5.41, 5.74) is 7.69. The molecule has 0 aliphatic carbocycles. The Labute approximate surface area is 127 Å². The molecule has 0 aromatic carbocycles. The van der Waals surface area contributed by atoms with Crippen LogP contribution in [0.3, 0.4) is 0 Å². The Hall–Kier alpha value is -1.46. The molecule has 5 nitrogen and oxygen atoms in total. The molecule has 0 unspecified atom stereocenters. The first kappa shape index (κ1) is 15.9. The van der Waals surface area contributed by atoms with Gasteiger partial charge in [-0.2, -0.15) is 0 Å². The lowest BCUT2D eigenvalue weighted by atomic mass is 9.91. The summed E-state index contributed by atoms with van der Waals surface area (Å²) in [4.78, 5) is 20.0. The van der Waals surface area contributed by atoms with E-state index in [0.717, 1.165) is 38.4 Å². The summed E-state index contributed by atoms with van der Waals surface area (Å²) in [7, 11) is 0. The number of piperazine rings is 1. The second-order valence-corrected chi connectivity index (χ2v) is 6.82. The van der Waals surface area contributed by atoms with Crippen molar-refractivity contribution in [3.8, 4) is 0 Å². The van der Waals surface area contributed by atoms with Crippen LogP contribution in [0, 0.1) is 0 Å². The molecule has 116 valence electrons. The smallest absolute Gasteiger partial charge is 0.231 e. The zero-order chi connectivity index (χ0) is 15.5. The van der Waals surface area contributed by atoms with E-state index in [9.17, 15) is 4.79 Å². The number of pyridine rings is 1. The highest BCUT2D eigenvalue weighted by Crippen LogP contribution is 2.20. The van der Waals surface area contributed by atoms with E-state index in [4.69, 9.17) is 5.73 Å². The van der Waals surface area contributed by atoms with E-state index in [1.807, 2.05) is 6.20 Å². The van der Waals surface area contributed by atoms with Gasteiger partial charge in [-0.05, 0) is 11.6 Å². The molecule has 0 radical (unpaired) electrons. The summed E-state index contributed by atoms with van der Waals surface area (Å²) in [5, 5.41) is 0. The van der Waals surface area contributed by atoms with Crippen molar-refractivity contribution in [1.82, 2.24) is 14.8 Å². The van der Waals surface area contributed by atoms with Crippen LogP contribution in [0.5, 0.6) is 0 Å². The van der Waals surface area contributed by atoms with Crippen molar-refractivity contribution in [2.45, 2.75) is 32.7 Å². The van der Waals surface area contributed by atoms with Crippen LogP contribution < -0.4 is 5.73 Å². The van der Waals surface area contributed by atoms with Gasteiger partial charge >= 0.3 is 0 Å². The summed E-state index contributed by atoms with van der Waals surface area (Å²) in [5.74, 6) is -0.245. The van der Waals surface area contributed by atoms with Crippen LogP contribution in [0.2, 0.25) is 0 Å². The van der Waals surface area contributed by atoms with Gasteiger partial charge in [-0.25, -0.2) is 0 Å². The Morgan fingerprint density at radius 3 is 2.29 bits per heavy atom. The van der Waals surface area contributed by atoms with Gasteiger partial charge in [0.15, 0.2) is 0 Å². The number of primary amides is 1. The predicted molar refractivity (Wildman–Crippen MR) is 83.8 cm³/mol. The number of hydrogen-bond acceptors (Lipinski definition) is 4. The van der Waals surface area contributed by atoms with Crippen molar-refractivity contribution < 1.29 is 4.79 Å². The van der Waals surface area contributed by atoms with Crippen molar-refractivity contribution in [3.63, 3.8) is 0 Å². The molecule has 0 bridgehead atoms. The molecule has 0 saturated carbocycles. The number of carbonyl (C=O) groups is 1. The lowest BCUT2D eigenvalue weighted by Crippen LogP contribution is -2.48. The first-order chi connectivity index (χ1) is 9.84. The third-order valence-corrected chi connectivity index (χ3v) is 3.84. The van der Waals surface area contributed by atoms with Crippen molar-refractivity contribution >= 4 is 5.91 Å². The van der Waals surface area contributed by atoms with E-state index in [2.05, 4.69) is 47.7 Å². The monoisotopic (exact) mass is 290 g/mol. The average Bonchev–Trinajstić information content (AvgIpc) is 2.40. The zero-order valence-corrected chi connectivity index (χ0v) is 13.3. The van der Waals surface area contributed by atoms with Crippen LogP contribution in [0.4, 0.5) is 0 Å². The third kappa shape index (κ3) is 4.79. The molecule has 2 N–H and O–H groups in total. The van der Waals surface area contributed by atoms with E-state index in [1.165, 1.54) is 5.56 Å². The number of amides is 1. The second kappa shape index (κ2) is 6.54. The normalized spacial score (nSPS) is 17.9. The highest BCUT2D eigenvalue weighted by atomic mass is 16.1. The highest BCUT2D eigenvalue weighted by molar-refractivity contribution is 5.75. The molecule has 1 aliphatic heterocycles. The molecule has 1 aliphatic rings. The van der Waals surface area contributed by atoms with Crippen LogP contribution >= 0.6 is 0 Å². The zero-order valence-electron chi connectivity index (χ0n) is 13.3. The van der Waals surface area contributed by atoms with Gasteiger partial charge in [0.1, 0.15) is 0 Å². The minimum Gasteiger partial charge on any atom is -0.369 e. The second-order valence-electron chi connectivity index (χ2n) is 6.82. The maximum absolute atomic E-state index is 10.9. The van der Waals surface area contributed by atoms with Gasteiger partial charge in [-0.15, -0.1) is 0 Å². The molecule has 1 fully saturated rings. The quantitative estimate of drug-likeness (QED) is 0.898. The van der Waals surface area contributed by atoms with Crippen LogP contribution in [0.15, 0.2) is 18.3 Å². The Bertz CT molecular complexity index is 470. The van der Waals surface area contributed by atoms with E-state index < -0.39 is 0 Å². The van der Waals surface area contributed by atoms with Crippen LogP contribution in [-0.2, 0) is 16.8 Å². The lowest BCUT2D eigenvalue weighted by molar-refractivity contribution is -0.119. The van der Waals surface area contributed by atoms with Crippen LogP contribution in [-0.4, -0.2) is 53.4 Å². The number of nitrogens with zero attached hydrogens (tertiary/aromatic N) is 3. The molecule has 1 aromatic rings. The number of carbonyl (C=O) groups excluding carboxylic acids is 1. The van der Waals surface area contributed by atoms with Crippen LogP contribution in [0.1, 0.15) is 32.0 Å². The molecular formula is C16H26N4O. The van der Waals surface area contributed by atoms with Gasteiger partial charge < -0.3 is 5.73 Å². The average molecular weight is 290 g/mol. The third-order valence-electron chi connectivity index (χ3n) is 3.84. The predicted octanol–water partition coefficient (Wildman–Crippen LogP) is 0.982. The molecule has 1 saturated heterocycles. The van der Waals surface area contributed by atoms with Gasteiger partial charge in [-0.1, -0.05) is 26.8 Å². The molecule has 0 atom stereocenters. The van der Waals surface area contributed by atoms with E-state index in [-0.39, 0.29) is 11.3 Å². The minimum absolute atomic E-state index is 0.0961. The Balaban J connectivity index is 1.85. The molecule has 5 heteroatoms. The number of hydrogen-bond donors (Lipinski definition) is 1. The van der Waals surface area contributed by atoms with E-state index >= 15 is 0 Å². The SMILES string of the molecule is CC(C)(C)c1ccc(CN2CCN(CC(N)=O)CC2)cn1. The largest absolute Gasteiger partial charge is 0.369 e. The maximum Gasteiger partial charge on any atom is 0.231 e. The molecule has 2 heterocycles. The first-order valence-corrected chi connectivity index (χ1v) is 7.53. The Kier molecular flexibility index (Phi) is 4.96. The topological polar surface area (TPSA) is 62.5 Å². The van der Waals surface area contributed by atoms with Crippen molar-refractivity contribution in [3.05, 3.63) is 29.6 Å². The standard InChI is InChI=1S/C16H26N4O/c1-16(2,3)14-5-4-13(10-18-14)11-19-6-8-20(9-7-19)12-15(17)21/h4-5,10H,6-9,11-12H2,1-3H3,(H2,17,21). The van der Waals surface area contributed by atoms with Crippen molar-refractivity contribution in [1.29, 1.82) is 0 Å². The number of rotatable bonds is 4.